The second-order valence-corrected chi connectivity index (χ2v) is 7.85. The summed E-state index contributed by atoms with van der Waals surface area (Å²) in [6, 6.07) is 21.6. The Kier molecular flexibility index (Phi) is 5.36. The Hall–Kier alpha value is -4.77. The van der Waals surface area contributed by atoms with Crippen molar-refractivity contribution in [1.29, 1.82) is 5.26 Å². The van der Waals surface area contributed by atoms with Crippen LogP contribution in [0.2, 0.25) is 0 Å². The van der Waals surface area contributed by atoms with Gasteiger partial charge in [0.2, 0.25) is 0 Å². The van der Waals surface area contributed by atoms with Crippen LogP contribution in [0.3, 0.4) is 0 Å². The third kappa shape index (κ3) is 3.59. The normalized spacial score (nSPS) is 15.2. The molecule has 0 bridgehead atoms. The molecule has 8 heteroatoms. The first-order chi connectivity index (χ1) is 16.6. The van der Waals surface area contributed by atoms with Crippen LogP contribution >= 0.6 is 0 Å². The fraction of sp³-hybridized carbons (Fsp3) is 0.115. The van der Waals surface area contributed by atoms with Crippen molar-refractivity contribution in [1.82, 2.24) is 14.5 Å². The molecular formula is C26H22N7O+. The topological polar surface area (TPSA) is 105 Å². The van der Waals surface area contributed by atoms with Crippen LogP contribution in [0.15, 0.2) is 84.5 Å². The highest BCUT2D eigenvalue weighted by atomic mass is 16.5. The Morgan fingerprint density at radius 1 is 1.12 bits per heavy atom. The summed E-state index contributed by atoms with van der Waals surface area (Å²) in [4.78, 5) is 8.76. The maximum atomic E-state index is 10.0. The lowest BCUT2D eigenvalue weighted by Gasteiger charge is -2.15. The lowest BCUT2D eigenvalue weighted by Crippen LogP contribution is -2.27. The summed E-state index contributed by atoms with van der Waals surface area (Å²) in [7, 11) is 1.62. The molecular weight excluding hydrogens is 426 g/mol. The van der Waals surface area contributed by atoms with Crippen LogP contribution < -0.4 is 10.5 Å². The molecule has 0 aliphatic carbocycles. The Balaban J connectivity index is 1.73. The van der Waals surface area contributed by atoms with E-state index in [1.54, 1.807) is 19.6 Å². The van der Waals surface area contributed by atoms with Gasteiger partial charge < -0.3 is 10.5 Å². The second kappa shape index (κ2) is 8.64. The van der Waals surface area contributed by atoms with Gasteiger partial charge in [0.15, 0.2) is 12.0 Å². The minimum Gasteiger partial charge on any atom is -0.497 e. The molecule has 0 saturated carbocycles. The summed E-state index contributed by atoms with van der Waals surface area (Å²) < 4.78 is 9.07. The zero-order valence-electron chi connectivity index (χ0n) is 18.8. The Morgan fingerprint density at radius 3 is 2.53 bits per heavy atom. The summed E-state index contributed by atoms with van der Waals surface area (Å²) in [6.07, 6.45) is 5.32. The molecule has 0 amide bonds. The molecule has 166 valence electrons. The van der Waals surface area contributed by atoms with Crippen molar-refractivity contribution in [3.05, 3.63) is 90.5 Å². The van der Waals surface area contributed by atoms with Crippen LogP contribution in [0.1, 0.15) is 24.0 Å². The fourth-order valence-electron chi connectivity index (χ4n) is 4.20. The number of rotatable bonds is 4. The number of hydrogen-bond acceptors (Lipinski definition) is 6. The van der Waals surface area contributed by atoms with Crippen molar-refractivity contribution < 1.29 is 9.42 Å². The van der Waals surface area contributed by atoms with E-state index in [1.165, 1.54) is 0 Å². The first-order valence-electron chi connectivity index (χ1n) is 10.7. The van der Waals surface area contributed by atoms with Gasteiger partial charge in [0.05, 0.1) is 30.3 Å². The SMILES string of the molecule is COc1ccc(-c2cc(C3C(C)=N[N+](c4ccccc4)=C3n3ccnc3)c(C#N)c(N)n2)cc1. The van der Waals surface area contributed by atoms with Gasteiger partial charge in [0.1, 0.15) is 29.8 Å². The van der Waals surface area contributed by atoms with Gasteiger partial charge in [0.25, 0.3) is 0 Å². The maximum absolute atomic E-state index is 10.0. The Morgan fingerprint density at radius 2 is 1.88 bits per heavy atom. The van der Waals surface area contributed by atoms with Crippen LogP contribution in [0.4, 0.5) is 11.5 Å². The largest absolute Gasteiger partial charge is 0.497 e. The first kappa shape index (κ1) is 21.1. The smallest absolute Gasteiger partial charge is 0.301 e. The number of nitrogens with zero attached hydrogens (tertiary/aromatic N) is 6. The van der Waals surface area contributed by atoms with Gasteiger partial charge in [0, 0.05) is 5.56 Å². The molecule has 1 atom stereocenters. The number of nitrogen functional groups attached to an aromatic ring is 1. The number of hydrazone groups is 1. The third-order valence-corrected chi connectivity index (χ3v) is 5.81. The van der Waals surface area contributed by atoms with Gasteiger partial charge in [-0.3, -0.25) is 0 Å². The molecule has 0 radical (unpaired) electrons. The number of nitrogens with two attached hydrogens (primary N) is 1. The third-order valence-electron chi connectivity index (χ3n) is 5.81. The van der Waals surface area contributed by atoms with Crippen molar-refractivity contribution in [2.24, 2.45) is 5.10 Å². The minimum atomic E-state index is -0.327. The van der Waals surface area contributed by atoms with Crippen molar-refractivity contribution in [3.63, 3.8) is 0 Å². The molecule has 34 heavy (non-hydrogen) atoms. The molecule has 0 fully saturated rings. The van der Waals surface area contributed by atoms with Crippen LogP contribution in [0.5, 0.6) is 5.75 Å². The molecule has 5 rings (SSSR count). The van der Waals surface area contributed by atoms with E-state index < -0.39 is 0 Å². The molecule has 1 aliphatic rings. The van der Waals surface area contributed by atoms with Crippen LogP contribution in [-0.4, -0.2) is 37.9 Å². The quantitative estimate of drug-likeness (QED) is 0.472. The van der Waals surface area contributed by atoms with Crippen LogP contribution in [0, 0.1) is 11.3 Å². The molecule has 2 aromatic carbocycles. The van der Waals surface area contributed by atoms with Gasteiger partial charge >= 0.3 is 5.84 Å². The highest BCUT2D eigenvalue weighted by molar-refractivity contribution is 6.12. The van der Waals surface area contributed by atoms with Crippen LogP contribution in [0.25, 0.3) is 11.3 Å². The number of benzene rings is 2. The number of para-hydroxylation sites is 1. The van der Waals surface area contributed by atoms with E-state index in [9.17, 15) is 5.26 Å². The van der Waals surface area contributed by atoms with E-state index in [0.29, 0.717) is 11.3 Å². The number of pyridine rings is 1. The highest BCUT2D eigenvalue weighted by Crippen LogP contribution is 2.35. The molecule has 1 aliphatic heterocycles. The summed E-state index contributed by atoms with van der Waals surface area (Å²) in [5, 5.41) is 14.9. The van der Waals surface area contributed by atoms with Gasteiger partial charge in [-0.25, -0.2) is 9.97 Å². The summed E-state index contributed by atoms with van der Waals surface area (Å²) in [5.41, 5.74) is 10.7. The summed E-state index contributed by atoms with van der Waals surface area (Å²) >= 11 is 0. The predicted octanol–water partition coefficient (Wildman–Crippen LogP) is 4.17. The maximum Gasteiger partial charge on any atom is 0.301 e. The van der Waals surface area contributed by atoms with E-state index in [4.69, 9.17) is 15.6 Å². The molecule has 4 aromatic rings. The van der Waals surface area contributed by atoms with Crippen LogP contribution in [-0.2, 0) is 0 Å². The van der Waals surface area contributed by atoms with E-state index in [1.807, 2.05) is 83.0 Å². The molecule has 3 heterocycles. The van der Waals surface area contributed by atoms with Crippen molar-refractivity contribution in [2.45, 2.75) is 12.8 Å². The van der Waals surface area contributed by atoms with E-state index in [0.717, 1.165) is 34.1 Å². The zero-order chi connectivity index (χ0) is 23.7. The fourth-order valence-corrected chi connectivity index (χ4v) is 4.20. The van der Waals surface area contributed by atoms with E-state index in [-0.39, 0.29) is 11.7 Å². The standard InChI is InChI=1S/C26H22N7O/c1-17-24(26(32-13-12-29-16-32)33(31-17)19-6-4-3-5-7-19)21-14-23(30-25(28)22(21)15-27)18-8-10-20(34-2)11-9-18/h3-14,16,24H,1-2H3,(H2,28,30)/q+1. The summed E-state index contributed by atoms with van der Waals surface area (Å²) in [6.45, 7) is 1.95. The molecule has 8 nitrogen and oxygen atoms in total. The second-order valence-electron chi connectivity index (χ2n) is 7.85. The molecule has 2 N–H and O–H groups in total. The van der Waals surface area contributed by atoms with Gasteiger partial charge in [-0.2, -0.15) is 9.83 Å². The van der Waals surface area contributed by atoms with Crippen molar-refractivity contribution in [2.75, 3.05) is 12.8 Å². The number of ether oxygens (including phenoxy) is 1. The molecule has 0 saturated heterocycles. The summed E-state index contributed by atoms with van der Waals surface area (Å²) in [5.74, 6) is 1.44. The van der Waals surface area contributed by atoms with E-state index >= 15 is 0 Å². The lowest BCUT2D eigenvalue weighted by atomic mass is 9.89. The number of methoxy groups -OCH3 is 1. The zero-order valence-corrected chi connectivity index (χ0v) is 18.8. The van der Waals surface area contributed by atoms with Gasteiger partial charge in [-0.15, -0.1) is 4.68 Å². The number of hydrogen-bond donors (Lipinski definition) is 1. The monoisotopic (exact) mass is 448 g/mol. The number of imidazole rings is 1. The van der Waals surface area contributed by atoms with Crippen molar-refractivity contribution in [3.8, 4) is 23.1 Å². The molecule has 1 unspecified atom stereocenters. The molecule has 2 aromatic heterocycles. The van der Waals surface area contributed by atoms with Gasteiger partial charge in [-0.1, -0.05) is 23.3 Å². The van der Waals surface area contributed by atoms with Crippen molar-refractivity contribution >= 4 is 23.1 Å². The number of nitriles is 1. The predicted molar refractivity (Wildman–Crippen MR) is 130 cm³/mol. The number of anilines is 1. The average molecular weight is 449 g/mol. The average Bonchev–Trinajstić information content (AvgIpc) is 3.52. The van der Waals surface area contributed by atoms with Gasteiger partial charge in [-0.05, 0) is 55.0 Å². The first-order valence-corrected chi connectivity index (χ1v) is 10.7. The highest BCUT2D eigenvalue weighted by Gasteiger charge is 2.40. The molecule has 0 spiro atoms. The lowest BCUT2D eigenvalue weighted by molar-refractivity contribution is -0.444. The number of aromatic nitrogens is 3. The van der Waals surface area contributed by atoms with E-state index in [2.05, 4.69) is 16.0 Å². The Labute approximate surface area is 196 Å². The minimum absolute atomic E-state index is 0.182. The Bertz CT molecular complexity index is 1450.